The Morgan fingerprint density at radius 1 is 1.03 bits per heavy atom. The molecule has 0 saturated heterocycles. The lowest BCUT2D eigenvalue weighted by Crippen LogP contribution is -2.40. The number of amides is 1. The number of carbonyl (C=O) groups excluding carboxylic acids is 1. The Morgan fingerprint density at radius 2 is 1.79 bits per heavy atom. The number of carbonyl (C=O) groups is 1. The topological polar surface area (TPSA) is 95.0 Å². The van der Waals surface area contributed by atoms with Gasteiger partial charge in [-0.2, -0.15) is 0 Å². The highest BCUT2D eigenvalue weighted by molar-refractivity contribution is 6.31. The van der Waals surface area contributed by atoms with E-state index < -0.39 is 6.04 Å². The van der Waals surface area contributed by atoms with Crippen LogP contribution >= 0.6 is 11.6 Å². The lowest BCUT2D eigenvalue weighted by molar-refractivity contribution is 0.0587. The Morgan fingerprint density at radius 3 is 2.54 bits per heavy atom. The van der Waals surface area contributed by atoms with E-state index in [9.17, 15) is 9.59 Å². The number of rotatable bonds is 9. The van der Waals surface area contributed by atoms with E-state index in [2.05, 4.69) is 0 Å². The largest absolute Gasteiger partial charge is 0.458 e. The second-order valence-corrected chi connectivity index (χ2v) is 10.4. The molecule has 1 unspecified atom stereocenters. The van der Waals surface area contributed by atoms with E-state index in [1.807, 2.05) is 44.2 Å². The van der Waals surface area contributed by atoms with Gasteiger partial charge in [0, 0.05) is 35.2 Å². The van der Waals surface area contributed by atoms with Gasteiger partial charge in [0.1, 0.15) is 11.3 Å². The minimum Gasteiger partial charge on any atom is -0.458 e. The van der Waals surface area contributed by atoms with Gasteiger partial charge in [0.15, 0.2) is 16.9 Å². The molecule has 7 nitrogen and oxygen atoms in total. The maximum atomic E-state index is 14.1. The number of benzene rings is 3. The van der Waals surface area contributed by atoms with Gasteiger partial charge in [-0.05, 0) is 54.8 Å². The molecule has 1 aliphatic rings. The smallest absolute Gasteiger partial charge is 0.254 e. The summed E-state index contributed by atoms with van der Waals surface area (Å²) in [6, 6.07) is 19.4. The molecule has 0 bridgehead atoms. The first-order valence-electron chi connectivity index (χ1n) is 13.1. The van der Waals surface area contributed by atoms with Crippen molar-refractivity contribution < 1.29 is 18.7 Å². The van der Waals surface area contributed by atoms with E-state index in [-0.39, 0.29) is 24.0 Å². The molecular formula is C31H31ClN2O5. The van der Waals surface area contributed by atoms with Crippen molar-refractivity contribution in [2.75, 3.05) is 19.9 Å². The van der Waals surface area contributed by atoms with E-state index in [0.29, 0.717) is 70.3 Å². The van der Waals surface area contributed by atoms with Crippen molar-refractivity contribution in [1.82, 2.24) is 4.90 Å². The molecule has 1 aromatic heterocycles. The maximum absolute atomic E-state index is 14.1. The van der Waals surface area contributed by atoms with Crippen LogP contribution in [0.4, 0.5) is 0 Å². The number of hydrogen-bond acceptors (Lipinski definition) is 6. The third kappa shape index (κ3) is 5.51. The maximum Gasteiger partial charge on any atom is 0.254 e. The van der Waals surface area contributed by atoms with Gasteiger partial charge in [-0.3, -0.25) is 9.59 Å². The van der Waals surface area contributed by atoms with Crippen LogP contribution in [0.3, 0.4) is 0 Å². The van der Waals surface area contributed by atoms with Crippen molar-refractivity contribution in [1.29, 1.82) is 0 Å². The third-order valence-electron chi connectivity index (χ3n) is 6.92. The molecule has 2 heterocycles. The molecule has 39 heavy (non-hydrogen) atoms. The Kier molecular flexibility index (Phi) is 7.91. The van der Waals surface area contributed by atoms with E-state index in [1.165, 1.54) is 0 Å². The average Bonchev–Trinajstić information content (AvgIpc) is 3.40. The molecule has 202 valence electrons. The minimum absolute atomic E-state index is 0.0879. The van der Waals surface area contributed by atoms with Crippen LogP contribution in [0.2, 0.25) is 5.02 Å². The summed E-state index contributed by atoms with van der Waals surface area (Å²) < 4.78 is 17.5. The highest BCUT2D eigenvalue weighted by atomic mass is 35.5. The van der Waals surface area contributed by atoms with Gasteiger partial charge >= 0.3 is 0 Å². The SMILES string of the molecule is CC(C)C(c1oc2cc(Cl)ccc2c(=O)c1Cc1ccccc1)N(CCCN)C(=O)c1ccc2c(c1)OCO2. The number of fused-ring (bicyclic) bond motifs is 2. The van der Waals surface area contributed by atoms with Crippen LogP contribution in [-0.2, 0) is 6.42 Å². The first-order chi connectivity index (χ1) is 18.9. The molecule has 0 radical (unpaired) electrons. The van der Waals surface area contributed by atoms with Crippen molar-refractivity contribution in [2.24, 2.45) is 11.7 Å². The van der Waals surface area contributed by atoms with E-state index in [1.54, 1.807) is 41.3 Å². The highest BCUT2D eigenvalue weighted by Crippen LogP contribution is 2.37. The molecule has 5 rings (SSSR count). The van der Waals surface area contributed by atoms with Crippen LogP contribution in [-0.4, -0.2) is 30.7 Å². The van der Waals surface area contributed by atoms with E-state index >= 15 is 0 Å². The van der Waals surface area contributed by atoms with Crippen LogP contribution in [0.25, 0.3) is 11.0 Å². The monoisotopic (exact) mass is 546 g/mol. The molecule has 1 atom stereocenters. The van der Waals surface area contributed by atoms with Gasteiger partial charge in [-0.15, -0.1) is 0 Å². The summed E-state index contributed by atoms with van der Waals surface area (Å²) in [6.07, 6.45) is 0.945. The summed E-state index contributed by atoms with van der Waals surface area (Å²) in [7, 11) is 0. The van der Waals surface area contributed by atoms with Crippen LogP contribution in [0.5, 0.6) is 11.5 Å². The predicted molar refractivity (Wildman–Crippen MR) is 152 cm³/mol. The zero-order chi connectivity index (χ0) is 27.5. The standard InChI is InChI=1S/C31H31ClN2O5/c1-19(2)28(34(14-6-13-33)31(36)21-9-12-25-27(16-21)38-18-37-25)30-24(15-20-7-4-3-5-8-20)29(35)23-11-10-22(32)17-26(23)39-30/h3-5,7-12,16-17,19,28H,6,13-15,18,33H2,1-2H3. The molecule has 0 spiro atoms. The molecule has 0 aliphatic carbocycles. The van der Waals surface area contributed by atoms with Crippen molar-refractivity contribution in [3.8, 4) is 11.5 Å². The minimum atomic E-state index is -0.538. The summed E-state index contributed by atoms with van der Waals surface area (Å²) in [5.74, 6) is 1.29. The fourth-order valence-electron chi connectivity index (χ4n) is 5.06. The Bertz CT molecular complexity index is 1550. The molecule has 0 saturated carbocycles. The molecule has 1 aliphatic heterocycles. The predicted octanol–water partition coefficient (Wildman–Crippen LogP) is 5.95. The third-order valence-corrected chi connectivity index (χ3v) is 7.16. The summed E-state index contributed by atoms with van der Waals surface area (Å²) in [5.41, 5.74) is 8.09. The second-order valence-electron chi connectivity index (χ2n) is 9.97. The molecule has 1 amide bonds. The van der Waals surface area contributed by atoms with Crippen LogP contribution < -0.4 is 20.6 Å². The quantitative estimate of drug-likeness (QED) is 0.278. The number of nitrogens with zero attached hydrogens (tertiary/aromatic N) is 1. The zero-order valence-electron chi connectivity index (χ0n) is 22.0. The normalized spacial score (nSPS) is 13.2. The molecule has 3 aromatic carbocycles. The van der Waals surface area contributed by atoms with Crippen molar-refractivity contribution in [3.05, 3.63) is 104 Å². The number of hydrogen-bond donors (Lipinski definition) is 1. The van der Waals surface area contributed by atoms with Gasteiger partial charge in [0.25, 0.3) is 5.91 Å². The second kappa shape index (κ2) is 11.5. The van der Waals surface area contributed by atoms with Crippen molar-refractivity contribution in [2.45, 2.75) is 32.7 Å². The first kappa shape index (κ1) is 26.8. The van der Waals surface area contributed by atoms with Crippen LogP contribution in [0.15, 0.2) is 75.9 Å². The summed E-state index contributed by atoms with van der Waals surface area (Å²) in [6.45, 7) is 4.94. The van der Waals surface area contributed by atoms with E-state index in [4.69, 9.17) is 31.2 Å². The van der Waals surface area contributed by atoms with Gasteiger partial charge < -0.3 is 24.5 Å². The molecular weight excluding hydrogens is 516 g/mol. The summed E-state index contributed by atoms with van der Waals surface area (Å²) >= 11 is 6.28. The zero-order valence-corrected chi connectivity index (χ0v) is 22.7. The van der Waals surface area contributed by atoms with E-state index in [0.717, 1.165) is 5.56 Å². The van der Waals surface area contributed by atoms with Gasteiger partial charge in [-0.25, -0.2) is 0 Å². The number of ether oxygens (including phenoxy) is 2. The molecule has 4 aromatic rings. The fourth-order valence-corrected chi connectivity index (χ4v) is 5.22. The molecule has 0 fully saturated rings. The average molecular weight is 547 g/mol. The van der Waals surface area contributed by atoms with Crippen LogP contribution in [0, 0.1) is 5.92 Å². The van der Waals surface area contributed by atoms with Gasteiger partial charge in [0.05, 0.1) is 11.4 Å². The molecule has 8 heteroatoms. The Balaban J connectivity index is 1.68. The van der Waals surface area contributed by atoms with Crippen LogP contribution in [0.1, 0.15) is 53.6 Å². The Hall–Kier alpha value is -3.81. The highest BCUT2D eigenvalue weighted by Gasteiger charge is 2.34. The van der Waals surface area contributed by atoms with Gasteiger partial charge in [0.2, 0.25) is 6.79 Å². The van der Waals surface area contributed by atoms with Crippen molar-refractivity contribution in [3.63, 3.8) is 0 Å². The molecule has 2 N–H and O–H groups in total. The summed E-state index contributed by atoms with van der Waals surface area (Å²) in [5, 5.41) is 0.914. The lowest BCUT2D eigenvalue weighted by atomic mass is 9.91. The van der Waals surface area contributed by atoms with Gasteiger partial charge in [-0.1, -0.05) is 55.8 Å². The summed E-state index contributed by atoms with van der Waals surface area (Å²) in [4.78, 5) is 29.8. The number of halogens is 1. The lowest BCUT2D eigenvalue weighted by Gasteiger charge is -2.35. The number of nitrogens with two attached hydrogens (primary N) is 1. The first-order valence-corrected chi connectivity index (χ1v) is 13.4. The fraction of sp³-hybridized carbons (Fsp3) is 0.290. The van der Waals surface area contributed by atoms with Crippen molar-refractivity contribution >= 4 is 28.5 Å². The Labute approximate surface area is 232 Å².